The first-order valence-electron chi connectivity index (χ1n) is 8.29. The highest BCUT2D eigenvalue weighted by Gasteiger charge is 2.39. The topological polar surface area (TPSA) is 63.4 Å². The van der Waals surface area contributed by atoms with E-state index in [1.54, 1.807) is 6.92 Å². The van der Waals surface area contributed by atoms with Crippen molar-refractivity contribution in [1.82, 2.24) is 4.31 Å². The summed E-state index contributed by atoms with van der Waals surface area (Å²) in [6, 6.07) is 0.455. The van der Waals surface area contributed by atoms with Crippen LogP contribution >= 0.6 is 0 Å². The summed E-state index contributed by atoms with van der Waals surface area (Å²) in [7, 11) is -3.24. The van der Waals surface area contributed by atoms with E-state index in [1.807, 2.05) is 4.31 Å². The predicted octanol–water partition coefficient (Wildman–Crippen LogP) is 2.63. The second-order valence-electron chi connectivity index (χ2n) is 6.50. The highest BCUT2D eigenvalue weighted by atomic mass is 32.2. The highest BCUT2D eigenvalue weighted by Crippen LogP contribution is 2.33. The Kier molecular flexibility index (Phi) is 5.87. The van der Waals surface area contributed by atoms with Crippen molar-refractivity contribution in [3.05, 3.63) is 0 Å². The lowest BCUT2D eigenvalue weighted by Gasteiger charge is -2.41. The molecule has 0 radical (unpaired) electrons. The fourth-order valence-corrected chi connectivity index (χ4v) is 5.63. The van der Waals surface area contributed by atoms with Gasteiger partial charge in [-0.3, -0.25) is 0 Å². The standard InChI is InChI=1S/C15H30N2O2S/c1-13(12-16)20(18,19)17(14-8-4-2-5-9-14)15-10-6-3-7-11-15/h13-15H,2-12,16H2,1H3. The Morgan fingerprint density at radius 1 is 0.950 bits per heavy atom. The van der Waals surface area contributed by atoms with E-state index in [-0.39, 0.29) is 18.6 Å². The molecular weight excluding hydrogens is 272 g/mol. The number of hydrogen-bond acceptors (Lipinski definition) is 3. The van der Waals surface area contributed by atoms with Crippen LogP contribution in [0.25, 0.3) is 0 Å². The van der Waals surface area contributed by atoms with Crippen LogP contribution in [0.3, 0.4) is 0 Å². The van der Waals surface area contributed by atoms with E-state index < -0.39 is 15.3 Å². The summed E-state index contributed by atoms with van der Waals surface area (Å²) >= 11 is 0. The average molecular weight is 302 g/mol. The summed E-state index contributed by atoms with van der Waals surface area (Å²) in [5.74, 6) is 0. The number of hydrogen-bond donors (Lipinski definition) is 1. The predicted molar refractivity (Wildman–Crippen MR) is 83.0 cm³/mol. The number of nitrogens with zero attached hydrogens (tertiary/aromatic N) is 1. The number of nitrogens with two attached hydrogens (primary N) is 1. The van der Waals surface area contributed by atoms with Gasteiger partial charge in [-0.05, 0) is 32.6 Å². The molecule has 118 valence electrons. The maximum atomic E-state index is 12.9. The molecule has 0 spiro atoms. The van der Waals surface area contributed by atoms with Crippen molar-refractivity contribution < 1.29 is 8.42 Å². The van der Waals surface area contributed by atoms with Gasteiger partial charge in [-0.15, -0.1) is 0 Å². The molecule has 4 nitrogen and oxygen atoms in total. The Bertz CT molecular complexity index is 367. The molecule has 0 aromatic carbocycles. The van der Waals surface area contributed by atoms with Crippen LogP contribution in [0, 0.1) is 0 Å². The molecule has 2 fully saturated rings. The summed E-state index contributed by atoms with van der Waals surface area (Å²) in [6.07, 6.45) is 11.3. The Hall–Kier alpha value is -0.130. The molecule has 0 bridgehead atoms. The summed E-state index contributed by atoms with van der Waals surface area (Å²) in [5, 5.41) is -0.452. The minimum absolute atomic E-state index is 0.221. The van der Waals surface area contributed by atoms with Gasteiger partial charge in [0.05, 0.1) is 5.25 Å². The third kappa shape index (κ3) is 3.55. The van der Waals surface area contributed by atoms with Gasteiger partial charge in [0.2, 0.25) is 10.0 Å². The van der Waals surface area contributed by atoms with E-state index >= 15 is 0 Å². The third-order valence-electron chi connectivity index (χ3n) is 5.00. The lowest BCUT2D eigenvalue weighted by atomic mass is 9.91. The zero-order chi connectivity index (χ0) is 14.6. The lowest BCUT2D eigenvalue weighted by Crippen LogP contribution is -2.52. The van der Waals surface area contributed by atoms with E-state index in [9.17, 15) is 8.42 Å². The van der Waals surface area contributed by atoms with Crippen molar-refractivity contribution in [2.45, 2.75) is 88.5 Å². The summed E-state index contributed by atoms with van der Waals surface area (Å²) in [6.45, 7) is 1.98. The quantitative estimate of drug-likeness (QED) is 0.849. The van der Waals surface area contributed by atoms with Crippen molar-refractivity contribution in [2.75, 3.05) is 6.54 Å². The minimum atomic E-state index is -3.24. The zero-order valence-corrected chi connectivity index (χ0v) is 13.6. The molecule has 1 atom stereocenters. The maximum absolute atomic E-state index is 12.9. The first kappa shape index (κ1) is 16.2. The molecule has 0 aliphatic heterocycles. The SMILES string of the molecule is CC(CN)S(=O)(=O)N(C1CCCCC1)C1CCCCC1. The molecular formula is C15H30N2O2S. The summed E-state index contributed by atoms with van der Waals surface area (Å²) < 4.78 is 27.7. The van der Waals surface area contributed by atoms with Gasteiger partial charge in [0.25, 0.3) is 0 Å². The fraction of sp³-hybridized carbons (Fsp3) is 1.00. The van der Waals surface area contributed by atoms with Crippen molar-refractivity contribution in [3.8, 4) is 0 Å². The van der Waals surface area contributed by atoms with Crippen LogP contribution in [0.5, 0.6) is 0 Å². The van der Waals surface area contributed by atoms with Crippen molar-refractivity contribution in [2.24, 2.45) is 5.73 Å². The van der Waals surface area contributed by atoms with E-state index in [0.717, 1.165) is 25.7 Å². The van der Waals surface area contributed by atoms with Crippen LogP contribution in [0.1, 0.15) is 71.1 Å². The van der Waals surface area contributed by atoms with Crippen molar-refractivity contribution in [3.63, 3.8) is 0 Å². The van der Waals surface area contributed by atoms with Gasteiger partial charge in [0.15, 0.2) is 0 Å². The Morgan fingerprint density at radius 3 is 1.70 bits per heavy atom. The second-order valence-corrected chi connectivity index (χ2v) is 8.76. The largest absolute Gasteiger partial charge is 0.329 e. The monoisotopic (exact) mass is 302 g/mol. The number of rotatable bonds is 5. The van der Waals surface area contributed by atoms with Crippen LogP contribution in [-0.4, -0.2) is 36.6 Å². The molecule has 2 rings (SSSR count). The molecule has 2 aliphatic carbocycles. The second kappa shape index (κ2) is 7.23. The Labute approximate surface area is 124 Å². The smallest absolute Gasteiger partial charge is 0.218 e. The van der Waals surface area contributed by atoms with Gasteiger partial charge in [-0.25, -0.2) is 8.42 Å². The highest BCUT2D eigenvalue weighted by molar-refractivity contribution is 7.89. The van der Waals surface area contributed by atoms with Gasteiger partial charge in [0.1, 0.15) is 0 Å². The molecule has 20 heavy (non-hydrogen) atoms. The third-order valence-corrected chi connectivity index (χ3v) is 7.40. The molecule has 2 N–H and O–H groups in total. The normalized spacial score (nSPS) is 24.9. The molecule has 2 saturated carbocycles. The fourth-order valence-electron chi connectivity index (χ4n) is 3.71. The molecule has 0 amide bonds. The Balaban J connectivity index is 2.22. The van der Waals surface area contributed by atoms with E-state index in [1.165, 1.54) is 38.5 Å². The van der Waals surface area contributed by atoms with Crippen molar-refractivity contribution >= 4 is 10.0 Å². The lowest BCUT2D eigenvalue weighted by molar-refractivity contribution is 0.168. The first-order chi connectivity index (χ1) is 9.57. The van der Waals surface area contributed by atoms with E-state index in [0.29, 0.717) is 0 Å². The van der Waals surface area contributed by atoms with Gasteiger partial charge in [-0.2, -0.15) is 4.31 Å². The maximum Gasteiger partial charge on any atom is 0.218 e. The van der Waals surface area contributed by atoms with Crippen LogP contribution < -0.4 is 5.73 Å². The first-order valence-corrected chi connectivity index (χ1v) is 9.80. The number of sulfonamides is 1. The van der Waals surface area contributed by atoms with Crippen LogP contribution in [-0.2, 0) is 10.0 Å². The van der Waals surface area contributed by atoms with Gasteiger partial charge < -0.3 is 5.73 Å². The molecule has 0 saturated heterocycles. The van der Waals surface area contributed by atoms with Crippen LogP contribution in [0.15, 0.2) is 0 Å². The molecule has 1 unspecified atom stereocenters. The Morgan fingerprint density at radius 2 is 1.35 bits per heavy atom. The van der Waals surface area contributed by atoms with Crippen LogP contribution in [0.4, 0.5) is 0 Å². The van der Waals surface area contributed by atoms with Gasteiger partial charge in [0, 0.05) is 18.6 Å². The summed E-state index contributed by atoms with van der Waals surface area (Å²) in [5.41, 5.74) is 5.65. The minimum Gasteiger partial charge on any atom is -0.329 e. The van der Waals surface area contributed by atoms with Gasteiger partial charge >= 0.3 is 0 Å². The van der Waals surface area contributed by atoms with E-state index in [4.69, 9.17) is 5.73 Å². The van der Waals surface area contributed by atoms with Crippen molar-refractivity contribution in [1.29, 1.82) is 0 Å². The zero-order valence-electron chi connectivity index (χ0n) is 12.8. The summed E-state index contributed by atoms with van der Waals surface area (Å²) in [4.78, 5) is 0. The van der Waals surface area contributed by atoms with Crippen LogP contribution in [0.2, 0.25) is 0 Å². The molecule has 2 aliphatic rings. The average Bonchev–Trinajstić information content (AvgIpc) is 2.48. The molecule has 0 aromatic heterocycles. The molecule has 5 heteroatoms. The molecule has 0 aromatic rings. The van der Waals surface area contributed by atoms with Gasteiger partial charge in [-0.1, -0.05) is 38.5 Å². The van der Waals surface area contributed by atoms with E-state index in [2.05, 4.69) is 0 Å². The molecule has 0 heterocycles.